The Kier molecular flexibility index (Phi) is 8.10. The van der Waals surface area contributed by atoms with Crippen LogP contribution in [0, 0.1) is 22.7 Å². The van der Waals surface area contributed by atoms with E-state index in [1.54, 1.807) is 0 Å². The van der Waals surface area contributed by atoms with E-state index in [0.29, 0.717) is 11.1 Å². The second-order valence-electron chi connectivity index (χ2n) is 12.1. The molecule has 53 heavy (non-hydrogen) atoms. The van der Waals surface area contributed by atoms with Crippen LogP contribution in [0.4, 0.5) is 48.3 Å². The molecule has 0 amide bonds. The molecular formula is C40H17F11N2. The van der Waals surface area contributed by atoms with Gasteiger partial charge in [0.2, 0.25) is 0 Å². The molecule has 2 nitrogen and oxygen atoms in total. The molecule has 0 radical (unpaired) electrons. The highest BCUT2D eigenvalue weighted by Gasteiger charge is 2.45. The third-order valence-electron chi connectivity index (χ3n) is 9.19. The zero-order chi connectivity index (χ0) is 38.2. The predicted octanol–water partition coefficient (Wildman–Crippen LogP) is 12.7. The Hall–Kier alpha value is -6.21. The van der Waals surface area contributed by atoms with Gasteiger partial charge in [0.25, 0.3) is 6.43 Å². The second-order valence-corrected chi connectivity index (χ2v) is 12.1. The molecule has 0 saturated carbocycles. The first-order valence-corrected chi connectivity index (χ1v) is 15.4. The van der Waals surface area contributed by atoms with E-state index < -0.39 is 52.8 Å². The van der Waals surface area contributed by atoms with Crippen molar-refractivity contribution in [1.29, 1.82) is 10.5 Å². The maximum absolute atomic E-state index is 14.5. The average Bonchev–Trinajstić information content (AvgIpc) is 3.59. The third kappa shape index (κ3) is 5.82. The van der Waals surface area contributed by atoms with E-state index in [-0.39, 0.29) is 61.2 Å². The Morgan fingerprint density at radius 3 is 1.15 bits per heavy atom. The lowest BCUT2D eigenvalue weighted by molar-refractivity contribution is -0.137. The predicted molar refractivity (Wildman–Crippen MR) is 174 cm³/mol. The molecule has 5 aromatic carbocycles. The number of allylic oxidation sites excluding steroid dienone is 2. The third-order valence-corrected chi connectivity index (χ3v) is 9.19. The van der Waals surface area contributed by atoms with Gasteiger partial charge in [-0.15, -0.1) is 0 Å². The highest BCUT2D eigenvalue weighted by atomic mass is 19.4. The van der Waals surface area contributed by atoms with E-state index in [9.17, 15) is 58.8 Å². The molecule has 0 aliphatic heterocycles. The molecule has 5 aromatic rings. The summed E-state index contributed by atoms with van der Waals surface area (Å²) in [5.41, 5.74) is -4.63. The Morgan fingerprint density at radius 2 is 0.811 bits per heavy atom. The molecule has 0 heterocycles. The fourth-order valence-electron chi connectivity index (χ4n) is 6.90. The van der Waals surface area contributed by atoms with Gasteiger partial charge in [-0.25, -0.2) is 8.78 Å². The normalized spacial score (nSPS) is 15.3. The molecule has 0 bridgehead atoms. The quantitative estimate of drug-likeness (QED) is 0.134. The van der Waals surface area contributed by atoms with Crippen molar-refractivity contribution in [2.45, 2.75) is 25.0 Å². The lowest BCUT2D eigenvalue weighted by Crippen LogP contribution is -2.13. The summed E-state index contributed by atoms with van der Waals surface area (Å²) in [4.78, 5) is 0. The monoisotopic (exact) mass is 734 g/mol. The summed E-state index contributed by atoms with van der Waals surface area (Å²) in [6.07, 6.45) is -17.8. The summed E-state index contributed by atoms with van der Waals surface area (Å²) in [7, 11) is 0. The van der Waals surface area contributed by atoms with E-state index in [1.807, 2.05) is 0 Å². The van der Waals surface area contributed by atoms with Crippen LogP contribution in [-0.2, 0) is 6.18 Å². The van der Waals surface area contributed by atoms with Crippen molar-refractivity contribution in [3.8, 4) is 56.6 Å². The molecule has 0 spiro atoms. The lowest BCUT2D eigenvalue weighted by Gasteiger charge is -2.13. The first-order chi connectivity index (χ1) is 24.9. The molecule has 264 valence electrons. The zero-order valence-electron chi connectivity index (χ0n) is 26.4. The minimum absolute atomic E-state index is 0.0493. The molecule has 0 unspecified atom stereocenters. The van der Waals surface area contributed by atoms with E-state index >= 15 is 0 Å². The largest absolute Gasteiger partial charge is 0.426 e. The van der Waals surface area contributed by atoms with Crippen molar-refractivity contribution in [3.05, 3.63) is 142 Å². The molecule has 0 N–H and O–H groups in total. The van der Waals surface area contributed by atoms with Crippen LogP contribution < -0.4 is 0 Å². The zero-order valence-corrected chi connectivity index (χ0v) is 26.4. The van der Waals surface area contributed by atoms with Crippen LogP contribution in [0.25, 0.3) is 55.7 Å². The molecule has 13 heteroatoms. The van der Waals surface area contributed by atoms with Gasteiger partial charge in [0.05, 0.1) is 5.56 Å². The fraction of sp³-hybridized carbons (Fsp3) is 0.100. The van der Waals surface area contributed by atoms with Crippen LogP contribution >= 0.6 is 0 Å². The number of halogens is 11. The van der Waals surface area contributed by atoms with Crippen LogP contribution in [0.5, 0.6) is 0 Å². The Morgan fingerprint density at radius 1 is 0.453 bits per heavy atom. The molecular weight excluding hydrogens is 717 g/mol. The Balaban J connectivity index is 1.52. The molecule has 0 fully saturated rings. The topological polar surface area (TPSA) is 47.6 Å². The molecule has 2 aliphatic carbocycles. The van der Waals surface area contributed by atoms with Gasteiger partial charge in [-0.05, 0) is 91.0 Å². The highest BCUT2D eigenvalue weighted by molar-refractivity contribution is 6.15. The summed E-state index contributed by atoms with van der Waals surface area (Å²) in [5.74, 6) is 0. The molecule has 0 atom stereocenters. The Bertz CT molecular complexity index is 2480. The van der Waals surface area contributed by atoms with Crippen LogP contribution in [0.2, 0.25) is 0 Å². The number of nitriles is 2. The first kappa shape index (κ1) is 35.2. The van der Waals surface area contributed by atoms with Crippen LogP contribution in [0.15, 0.2) is 108 Å². The van der Waals surface area contributed by atoms with Gasteiger partial charge in [0, 0.05) is 16.7 Å². The van der Waals surface area contributed by atoms with Gasteiger partial charge in [0.1, 0.15) is 23.3 Å². The van der Waals surface area contributed by atoms with Gasteiger partial charge in [-0.1, -0.05) is 72.8 Å². The van der Waals surface area contributed by atoms with Gasteiger partial charge in [0.15, 0.2) is 0 Å². The SMILES string of the molecule is N#C/C(=C1/c2cc(-c3ccc(C(F)F)cc3)ccc2-c2c1ccc1c2-c2ccc(-c3ccc(C(F)(F)F)cc3)cc2/C1=C(/C#N)C(F)(F)F)C(F)(F)F. The molecule has 7 rings (SSSR count). The number of nitrogens with zero attached hydrogens (tertiary/aromatic N) is 2. The summed E-state index contributed by atoms with van der Waals surface area (Å²) in [5, 5.41) is 19.6. The van der Waals surface area contributed by atoms with E-state index in [1.165, 1.54) is 60.7 Å². The number of benzene rings is 5. The average molecular weight is 735 g/mol. The number of hydrogen-bond donors (Lipinski definition) is 0. The first-order valence-electron chi connectivity index (χ1n) is 15.4. The molecule has 0 aromatic heterocycles. The van der Waals surface area contributed by atoms with Crippen molar-refractivity contribution >= 4 is 11.1 Å². The smallest absolute Gasteiger partial charge is 0.205 e. The summed E-state index contributed by atoms with van der Waals surface area (Å²) >= 11 is 0. The standard InChI is InChI=1S/C40H17F11N2/c41-37(42)21-3-1-19(2-4-21)22-7-11-25-29(15-22)33(31(17-52)39(46,47)48)27-13-14-28-34(32(18-53)40(49,50)51)30-16-23(8-12-26(30)36(28)35(25)27)20-5-9-24(10-6-20)38(43,44)45/h1-16,37H/b33-31-,34-32-. The molecule has 0 saturated heterocycles. The minimum Gasteiger partial charge on any atom is -0.205 e. The van der Waals surface area contributed by atoms with E-state index in [0.717, 1.165) is 48.5 Å². The van der Waals surface area contributed by atoms with Gasteiger partial charge in [-0.2, -0.15) is 50.0 Å². The van der Waals surface area contributed by atoms with Crippen molar-refractivity contribution < 1.29 is 48.3 Å². The van der Waals surface area contributed by atoms with Crippen LogP contribution in [-0.4, -0.2) is 12.4 Å². The number of rotatable bonds is 3. The fourth-order valence-corrected chi connectivity index (χ4v) is 6.90. The Labute approximate surface area is 293 Å². The van der Waals surface area contributed by atoms with Crippen molar-refractivity contribution in [3.63, 3.8) is 0 Å². The van der Waals surface area contributed by atoms with Crippen LogP contribution in [0.1, 0.15) is 39.8 Å². The highest BCUT2D eigenvalue weighted by Crippen LogP contribution is 2.59. The summed E-state index contributed by atoms with van der Waals surface area (Å²) in [6.45, 7) is 0. The van der Waals surface area contributed by atoms with Crippen molar-refractivity contribution in [2.24, 2.45) is 0 Å². The maximum atomic E-state index is 14.5. The number of alkyl halides is 11. The second kappa shape index (κ2) is 12.2. The number of fused-ring (bicyclic) bond motifs is 7. The lowest BCUT2D eigenvalue weighted by atomic mass is 9.91. The van der Waals surface area contributed by atoms with Crippen molar-refractivity contribution in [2.75, 3.05) is 0 Å². The van der Waals surface area contributed by atoms with Crippen LogP contribution in [0.3, 0.4) is 0 Å². The summed E-state index contributed by atoms with van der Waals surface area (Å²) < 4.78 is 153. The van der Waals surface area contributed by atoms with Gasteiger partial charge in [-0.3, -0.25) is 0 Å². The van der Waals surface area contributed by atoms with Gasteiger partial charge < -0.3 is 0 Å². The van der Waals surface area contributed by atoms with Crippen molar-refractivity contribution in [1.82, 2.24) is 0 Å². The maximum Gasteiger partial charge on any atom is 0.426 e. The van der Waals surface area contributed by atoms with Gasteiger partial charge >= 0.3 is 18.5 Å². The summed E-state index contributed by atoms with van der Waals surface area (Å²) in [6, 6.07) is 22.0. The number of hydrogen-bond acceptors (Lipinski definition) is 2. The van der Waals surface area contributed by atoms with E-state index in [4.69, 9.17) is 0 Å². The molecule has 2 aliphatic rings. The van der Waals surface area contributed by atoms with E-state index in [2.05, 4.69) is 0 Å². The minimum atomic E-state index is -5.19.